The minimum absolute atomic E-state index is 0.741. The smallest absolute Gasteiger partial charge is 0.150 e. The van der Waals surface area contributed by atoms with E-state index in [4.69, 9.17) is 0 Å². The predicted octanol–water partition coefficient (Wildman–Crippen LogP) is 3.84. The van der Waals surface area contributed by atoms with Crippen LogP contribution in [-0.4, -0.2) is 6.29 Å². The van der Waals surface area contributed by atoms with Crippen LogP contribution in [0, 0.1) is 13.8 Å². The quantitative estimate of drug-likeness (QED) is 0.697. The Morgan fingerprint density at radius 3 is 2.47 bits per heavy atom. The van der Waals surface area contributed by atoms with E-state index in [0.717, 1.165) is 17.4 Å². The van der Waals surface area contributed by atoms with Gasteiger partial charge in [0.2, 0.25) is 0 Å². The largest absolute Gasteiger partial charge is 0.298 e. The third-order valence-corrected chi connectivity index (χ3v) is 3.54. The molecule has 0 amide bonds. The lowest BCUT2D eigenvalue weighted by atomic mass is 10.0. The molecule has 0 saturated carbocycles. The molecule has 0 fully saturated rings. The summed E-state index contributed by atoms with van der Waals surface area (Å²) in [6.07, 6.45) is 0.887. The molecule has 0 aliphatic rings. The third-order valence-electron chi connectivity index (χ3n) is 2.49. The topological polar surface area (TPSA) is 17.1 Å². The molecule has 0 unspecified atom stereocenters. The Morgan fingerprint density at radius 2 is 1.93 bits per heavy atom. The van der Waals surface area contributed by atoms with Gasteiger partial charge in [-0.1, -0.05) is 12.1 Å². The second kappa shape index (κ2) is 3.99. The van der Waals surface area contributed by atoms with Gasteiger partial charge in [-0.05, 0) is 48.1 Å². The van der Waals surface area contributed by atoms with Crippen LogP contribution in [0.4, 0.5) is 0 Å². The highest BCUT2D eigenvalue weighted by atomic mass is 32.1. The van der Waals surface area contributed by atoms with Crippen LogP contribution in [0.2, 0.25) is 0 Å². The van der Waals surface area contributed by atoms with Crippen LogP contribution < -0.4 is 0 Å². The molecule has 0 saturated heterocycles. The Balaban J connectivity index is 2.55. The van der Waals surface area contributed by atoms with Gasteiger partial charge < -0.3 is 0 Å². The zero-order valence-corrected chi connectivity index (χ0v) is 9.60. The summed E-state index contributed by atoms with van der Waals surface area (Å²) in [5, 5.41) is 2.09. The summed E-state index contributed by atoms with van der Waals surface area (Å²) in [6.45, 7) is 4.15. The van der Waals surface area contributed by atoms with Crippen molar-refractivity contribution in [1.29, 1.82) is 0 Å². The fourth-order valence-electron chi connectivity index (χ4n) is 1.66. The average molecular weight is 216 g/mol. The van der Waals surface area contributed by atoms with Gasteiger partial charge in [0.05, 0.1) is 0 Å². The summed E-state index contributed by atoms with van der Waals surface area (Å²) >= 11 is 1.74. The highest BCUT2D eigenvalue weighted by molar-refractivity contribution is 7.13. The van der Waals surface area contributed by atoms with Gasteiger partial charge in [0.1, 0.15) is 6.29 Å². The van der Waals surface area contributed by atoms with Crippen LogP contribution in [0.15, 0.2) is 29.6 Å². The summed E-state index contributed by atoms with van der Waals surface area (Å²) in [4.78, 5) is 11.9. The maximum Gasteiger partial charge on any atom is 0.150 e. The molecule has 0 bridgehead atoms. The summed E-state index contributed by atoms with van der Waals surface area (Å²) in [5.74, 6) is 0. The number of carbonyl (C=O) groups excluding carboxylic acids is 1. The molecular weight excluding hydrogens is 204 g/mol. The van der Waals surface area contributed by atoms with Gasteiger partial charge in [-0.2, -0.15) is 0 Å². The molecule has 0 radical (unpaired) electrons. The minimum atomic E-state index is 0.741. The average Bonchev–Trinajstić information content (AvgIpc) is 2.64. The molecule has 0 N–H and O–H groups in total. The predicted molar refractivity (Wildman–Crippen MR) is 64.6 cm³/mol. The first-order valence-electron chi connectivity index (χ1n) is 4.82. The van der Waals surface area contributed by atoms with E-state index in [9.17, 15) is 4.79 Å². The molecule has 2 heteroatoms. The van der Waals surface area contributed by atoms with Crippen LogP contribution in [0.1, 0.15) is 21.5 Å². The second-order valence-corrected chi connectivity index (χ2v) is 4.54. The Bertz CT molecular complexity index is 497. The number of aldehydes is 1. The fourth-order valence-corrected chi connectivity index (χ4v) is 2.68. The SMILES string of the molecule is Cc1cc(C=O)ccc1-c1sccc1C. The molecule has 15 heavy (non-hydrogen) atoms. The minimum Gasteiger partial charge on any atom is -0.298 e. The van der Waals surface area contributed by atoms with Crippen molar-refractivity contribution in [3.05, 3.63) is 46.3 Å². The van der Waals surface area contributed by atoms with Crippen molar-refractivity contribution in [2.45, 2.75) is 13.8 Å². The second-order valence-electron chi connectivity index (χ2n) is 3.62. The van der Waals surface area contributed by atoms with Crippen molar-refractivity contribution in [2.75, 3.05) is 0 Å². The molecule has 1 nitrogen and oxygen atoms in total. The van der Waals surface area contributed by atoms with Crippen LogP contribution in [0.3, 0.4) is 0 Å². The normalized spacial score (nSPS) is 10.3. The highest BCUT2D eigenvalue weighted by Crippen LogP contribution is 2.31. The third kappa shape index (κ3) is 1.85. The molecule has 1 aromatic heterocycles. The monoisotopic (exact) mass is 216 g/mol. The van der Waals surface area contributed by atoms with Gasteiger partial charge in [0.15, 0.2) is 0 Å². The van der Waals surface area contributed by atoms with Crippen LogP contribution >= 0.6 is 11.3 Å². The number of hydrogen-bond acceptors (Lipinski definition) is 2. The Hall–Kier alpha value is -1.41. The Kier molecular flexibility index (Phi) is 2.69. The van der Waals surface area contributed by atoms with E-state index in [1.54, 1.807) is 11.3 Å². The standard InChI is InChI=1S/C13H12OS/c1-9-5-6-15-13(9)12-4-3-11(8-14)7-10(12)2/h3-8H,1-2H3. The molecule has 1 aromatic carbocycles. The van der Waals surface area contributed by atoms with E-state index in [1.165, 1.54) is 16.0 Å². The summed E-state index contributed by atoms with van der Waals surface area (Å²) in [5.41, 5.74) is 4.42. The van der Waals surface area contributed by atoms with E-state index in [1.807, 2.05) is 25.1 Å². The number of benzene rings is 1. The van der Waals surface area contributed by atoms with Crippen molar-refractivity contribution in [3.63, 3.8) is 0 Å². The van der Waals surface area contributed by atoms with Gasteiger partial charge in [0, 0.05) is 10.4 Å². The van der Waals surface area contributed by atoms with Gasteiger partial charge in [0.25, 0.3) is 0 Å². The van der Waals surface area contributed by atoms with E-state index in [0.29, 0.717) is 0 Å². The summed E-state index contributed by atoms with van der Waals surface area (Å²) < 4.78 is 0. The first-order valence-corrected chi connectivity index (χ1v) is 5.70. The zero-order chi connectivity index (χ0) is 10.8. The Labute approximate surface area is 93.4 Å². The van der Waals surface area contributed by atoms with E-state index < -0.39 is 0 Å². The molecular formula is C13H12OS. The first kappa shape index (κ1) is 10.1. The lowest BCUT2D eigenvalue weighted by Gasteiger charge is -2.05. The van der Waals surface area contributed by atoms with Crippen LogP contribution in [-0.2, 0) is 0 Å². The molecule has 2 rings (SSSR count). The molecule has 0 aliphatic heterocycles. The summed E-state index contributed by atoms with van der Waals surface area (Å²) in [7, 11) is 0. The number of carbonyl (C=O) groups is 1. The van der Waals surface area contributed by atoms with Crippen molar-refractivity contribution in [1.82, 2.24) is 0 Å². The van der Waals surface area contributed by atoms with E-state index in [2.05, 4.69) is 18.4 Å². The van der Waals surface area contributed by atoms with Crippen LogP contribution in [0.25, 0.3) is 10.4 Å². The number of thiophene rings is 1. The van der Waals surface area contributed by atoms with Gasteiger partial charge in [-0.15, -0.1) is 11.3 Å². The van der Waals surface area contributed by atoms with Gasteiger partial charge in [-0.3, -0.25) is 4.79 Å². The van der Waals surface area contributed by atoms with Crippen LogP contribution in [0.5, 0.6) is 0 Å². The maximum atomic E-state index is 10.6. The Morgan fingerprint density at radius 1 is 1.13 bits per heavy atom. The van der Waals surface area contributed by atoms with Crippen molar-refractivity contribution in [2.24, 2.45) is 0 Å². The lowest BCUT2D eigenvalue weighted by molar-refractivity contribution is 0.112. The number of aryl methyl sites for hydroxylation is 2. The van der Waals surface area contributed by atoms with Crippen molar-refractivity contribution < 1.29 is 4.79 Å². The first-order chi connectivity index (χ1) is 7.22. The molecule has 0 atom stereocenters. The number of rotatable bonds is 2. The molecule has 76 valence electrons. The maximum absolute atomic E-state index is 10.6. The molecule has 0 spiro atoms. The zero-order valence-electron chi connectivity index (χ0n) is 8.78. The van der Waals surface area contributed by atoms with Crippen molar-refractivity contribution >= 4 is 17.6 Å². The van der Waals surface area contributed by atoms with E-state index >= 15 is 0 Å². The fraction of sp³-hybridized carbons (Fsp3) is 0.154. The molecule has 0 aliphatic carbocycles. The highest BCUT2D eigenvalue weighted by Gasteiger charge is 2.06. The van der Waals surface area contributed by atoms with Crippen molar-refractivity contribution in [3.8, 4) is 10.4 Å². The molecule has 2 aromatic rings. The summed E-state index contributed by atoms with van der Waals surface area (Å²) in [6, 6.07) is 7.95. The lowest BCUT2D eigenvalue weighted by Crippen LogP contribution is -1.86. The van der Waals surface area contributed by atoms with Gasteiger partial charge >= 0.3 is 0 Å². The molecule has 1 heterocycles. The van der Waals surface area contributed by atoms with Gasteiger partial charge in [-0.25, -0.2) is 0 Å². The number of hydrogen-bond donors (Lipinski definition) is 0. The van der Waals surface area contributed by atoms with E-state index in [-0.39, 0.29) is 0 Å².